The standard InChI is InChI=1S/C19H23N5O2/c1-6-22-17(25)15-16(21(5)19(22)26)20-18-23(15)10-13(4)24(18)14-8-7-11(2)9-12(14)3/h7-10,15-16H,6H2,1-5H3. The molecule has 1 saturated heterocycles. The summed E-state index contributed by atoms with van der Waals surface area (Å²) in [5.74, 6) is 0.515. The summed E-state index contributed by atoms with van der Waals surface area (Å²) in [7, 11) is 1.71. The predicted octanol–water partition coefficient (Wildman–Crippen LogP) is 2.26. The average molecular weight is 353 g/mol. The Hall–Kier alpha value is -2.83. The van der Waals surface area contributed by atoms with Gasteiger partial charge >= 0.3 is 6.03 Å². The molecule has 1 aromatic carbocycles. The first-order chi connectivity index (χ1) is 12.3. The third-order valence-electron chi connectivity index (χ3n) is 5.30. The van der Waals surface area contributed by atoms with E-state index in [2.05, 4.69) is 36.9 Å². The number of benzene rings is 1. The lowest BCUT2D eigenvalue weighted by Crippen LogP contribution is -2.64. The van der Waals surface area contributed by atoms with E-state index in [1.54, 1.807) is 11.9 Å². The number of hydrogen-bond acceptors (Lipinski definition) is 5. The van der Waals surface area contributed by atoms with Crippen LogP contribution in [0, 0.1) is 13.8 Å². The number of fused-ring (bicyclic) bond motifs is 3. The van der Waals surface area contributed by atoms with E-state index in [1.165, 1.54) is 10.5 Å². The first kappa shape index (κ1) is 16.6. The van der Waals surface area contributed by atoms with Crippen molar-refractivity contribution in [1.82, 2.24) is 14.7 Å². The average Bonchev–Trinajstić information content (AvgIpc) is 3.09. The van der Waals surface area contributed by atoms with Gasteiger partial charge in [0.2, 0.25) is 5.96 Å². The molecule has 7 nitrogen and oxygen atoms in total. The van der Waals surface area contributed by atoms with Gasteiger partial charge in [0.25, 0.3) is 5.91 Å². The summed E-state index contributed by atoms with van der Waals surface area (Å²) in [4.78, 5) is 37.0. The van der Waals surface area contributed by atoms with Crippen molar-refractivity contribution in [2.24, 2.45) is 4.99 Å². The van der Waals surface area contributed by atoms with Gasteiger partial charge in [-0.3, -0.25) is 14.6 Å². The van der Waals surface area contributed by atoms with Crippen molar-refractivity contribution in [3.05, 3.63) is 41.2 Å². The molecule has 3 heterocycles. The van der Waals surface area contributed by atoms with Gasteiger partial charge in [0, 0.05) is 25.5 Å². The van der Waals surface area contributed by atoms with Gasteiger partial charge in [0.1, 0.15) is 0 Å². The molecule has 7 heteroatoms. The fourth-order valence-electron chi connectivity index (χ4n) is 4.00. The summed E-state index contributed by atoms with van der Waals surface area (Å²) < 4.78 is 0. The summed E-state index contributed by atoms with van der Waals surface area (Å²) in [6, 6.07) is 5.49. The molecule has 26 heavy (non-hydrogen) atoms. The number of rotatable bonds is 2. The number of amides is 3. The Morgan fingerprint density at radius 3 is 2.54 bits per heavy atom. The van der Waals surface area contributed by atoms with Crippen molar-refractivity contribution < 1.29 is 9.59 Å². The summed E-state index contributed by atoms with van der Waals surface area (Å²) in [5, 5.41) is 0. The van der Waals surface area contributed by atoms with Crippen LogP contribution in [0.2, 0.25) is 0 Å². The van der Waals surface area contributed by atoms with Crippen LogP contribution in [0.4, 0.5) is 10.5 Å². The summed E-state index contributed by atoms with van der Waals surface area (Å²) in [6.07, 6.45) is 1.46. The number of anilines is 1. The minimum absolute atomic E-state index is 0.189. The number of urea groups is 1. The van der Waals surface area contributed by atoms with Gasteiger partial charge in [-0.25, -0.2) is 9.79 Å². The maximum absolute atomic E-state index is 12.9. The van der Waals surface area contributed by atoms with E-state index in [9.17, 15) is 9.59 Å². The van der Waals surface area contributed by atoms with E-state index in [0.717, 1.165) is 16.9 Å². The van der Waals surface area contributed by atoms with E-state index >= 15 is 0 Å². The molecule has 1 aromatic rings. The van der Waals surface area contributed by atoms with Crippen molar-refractivity contribution in [2.45, 2.75) is 39.9 Å². The van der Waals surface area contributed by atoms with Crippen molar-refractivity contribution in [3.8, 4) is 0 Å². The van der Waals surface area contributed by atoms with E-state index in [0.29, 0.717) is 12.5 Å². The second-order valence-electron chi connectivity index (χ2n) is 7.07. The van der Waals surface area contributed by atoms with Crippen LogP contribution >= 0.6 is 0 Å². The summed E-state index contributed by atoms with van der Waals surface area (Å²) >= 11 is 0. The predicted molar refractivity (Wildman–Crippen MR) is 99.5 cm³/mol. The highest BCUT2D eigenvalue weighted by Gasteiger charge is 2.54. The highest BCUT2D eigenvalue weighted by Crippen LogP contribution is 2.37. The quantitative estimate of drug-likeness (QED) is 0.818. The van der Waals surface area contributed by atoms with Crippen molar-refractivity contribution in [3.63, 3.8) is 0 Å². The lowest BCUT2D eigenvalue weighted by atomic mass is 10.1. The van der Waals surface area contributed by atoms with Gasteiger partial charge < -0.3 is 9.80 Å². The Balaban J connectivity index is 1.77. The number of aryl methyl sites for hydroxylation is 2. The molecule has 0 spiro atoms. The fourth-order valence-corrected chi connectivity index (χ4v) is 4.00. The molecule has 3 aliphatic heterocycles. The van der Waals surface area contributed by atoms with Crippen LogP contribution in [-0.4, -0.2) is 58.4 Å². The minimum atomic E-state index is -0.502. The number of likely N-dealkylation sites (N-methyl/N-ethyl adjacent to an activating group) is 2. The van der Waals surface area contributed by atoms with Gasteiger partial charge in [0.05, 0.1) is 5.69 Å². The van der Waals surface area contributed by atoms with Crippen LogP contribution in [0.5, 0.6) is 0 Å². The Bertz CT molecular complexity index is 875. The number of carbonyl (C=O) groups excluding carboxylic acids is 2. The highest BCUT2D eigenvalue weighted by molar-refractivity contribution is 6.10. The minimum Gasteiger partial charge on any atom is -0.302 e. The third kappa shape index (κ3) is 2.09. The van der Waals surface area contributed by atoms with E-state index in [-0.39, 0.29) is 11.9 Å². The molecule has 1 fully saturated rings. The number of carbonyl (C=O) groups is 2. The lowest BCUT2D eigenvalue weighted by Gasteiger charge is -2.39. The molecule has 3 amide bonds. The first-order valence-electron chi connectivity index (χ1n) is 8.85. The molecule has 2 atom stereocenters. The molecular weight excluding hydrogens is 330 g/mol. The largest absolute Gasteiger partial charge is 0.328 e. The molecule has 0 N–H and O–H groups in total. The molecule has 0 bridgehead atoms. The van der Waals surface area contributed by atoms with Crippen molar-refractivity contribution in [1.29, 1.82) is 0 Å². The third-order valence-corrected chi connectivity index (χ3v) is 5.30. The summed E-state index contributed by atoms with van der Waals surface area (Å²) in [6.45, 7) is 8.32. The topological polar surface area (TPSA) is 59.5 Å². The molecule has 4 rings (SSSR count). The van der Waals surface area contributed by atoms with Gasteiger partial charge in [-0.2, -0.15) is 0 Å². The maximum Gasteiger partial charge on any atom is 0.328 e. The number of allylic oxidation sites excluding steroid dienone is 1. The number of nitrogens with zero attached hydrogens (tertiary/aromatic N) is 5. The van der Waals surface area contributed by atoms with E-state index in [4.69, 9.17) is 4.99 Å². The second kappa shape index (κ2) is 5.59. The van der Waals surface area contributed by atoms with E-state index in [1.807, 2.05) is 24.9 Å². The molecule has 2 unspecified atom stereocenters. The van der Waals surface area contributed by atoms with Crippen molar-refractivity contribution in [2.75, 3.05) is 18.5 Å². The zero-order valence-corrected chi connectivity index (χ0v) is 15.7. The van der Waals surface area contributed by atoms with Gasteiger partial charge in [-0.1, -0.05) is 17.7 Å². The monoisotopic (exact) mass is 353 g/mol. The molecule has 0 saturated carbocycles. The summed E-state index contributed by atoms with van der Waals surface area (Å²) in [5.41, 5.74) is 4.38. The molecule has 0 radical (unpaired) electrons. The SMILES string of the molecule is CCN1C(=O)C2C(N=C3N(c4ccc(C)cc4C)C(C)=CN32)N(C)C1=O. The van der Waals surface area contributed by atoms with Gasteiger partial charge in [-0.15, -0.1) is 0 Å². The van der Waals surface area contributed by atoms with Gasteiger partial charge in [-0.05, 0) is 39.3 Å². The van der Waals surface area contributed by atoms with Crippen LogP contribution in [0.25, 0.3) is 0 Å². The highest BCUT2D eigenvalue weighted by atomic mass is 16.2. The van der Waals surface area contributed by atoms with Crippen LogP contribution in [0.3, 0.4) is 0 Å². The van der Waals surface area contributed by atoms with Gasteiger partial charge in [0.15, 0.2) is 12.2 Å². The number of guanidine groups is 1. The van der Waals surface area contributed by atoms with Crippen LogP contribution in [-0.2, 0) is 4.79 Å². The molecule has 3 aliphatic rings. The zero-order valence-electron chi connectivity index (χ0n) is 15.7. The van der Waals surface area contributed by atoms with Crippen LogP contribution < -0.4 is 4.90 Å². The van der Waals surface area contributed by atoms with Crippen molar-refractivity contribution >= 4 is 23.6 Å². The molecule has 136 valence electrons. The lowest BCUT2D eigenvalue weighted by molar-refractivity contribution is -0.136. The molecule has 0 aliphatic carbocycles. The number of imide groups is 1. The Morgan fingerprint density at radius 2 is 1.88 bits per heavy atom. The fraction of sp³-hybridized carbons (Fsp3) is 0.421. The Labute approximate surface area is 153 Å². The molecule has 0 aromatic heterocycles. The Kier molecular flexibility index (Phi) is 3.57. The smallest absolute Gasteiger partial charge is 0.302 e. The second-order valence-corrected chi connectivity index (χ2v) is 7.07. The maximum atomic E-state index is 12.9. The molecular formula is C19H23N5O2. The first-order valence-corrected chi connectivity index (χ1v) is 8.85. The zero-order chi connectivity index (χ0) is 18.7. The normalized spacial score (nSPS) is 24.8. The Morgan fingerprint density at radius 1 is 1.15 bits per heavy atom. The number of hydrogen-bond donors (Lipinski definition) is 0. The number of aliphatic imine (C=N–C) groups is 1. The van der Waals surface area contributed by atoms with E-state index < -0.39 is 12.2 Å². The van der Waals surface area contributed by atoms with Crippen LogP contribution in [0.1, 0.15) is 25.0 Å². The van der Waals surface area contributed by atoms with Crippen LogP contribution in [0.15, 0.2) is 35.1 Å².